The van der Waals surface area contributed by atoms with Gasteiger partial charge in [0, 0.05) is 44.0 Å². The first kappa shape index (κ1) is 25.6. The van der Waals surface area contributed by atoms with E-state index in [1.165, 1.54) is 71.5 Å². The van der Waals surface area contributed by atoms with E-state index >= 15 is 0 Å². The van der Waals surface area contributed by atoms with Crippen LogP contribution in [0.4, 0.5) is 11.6 Å². The SMILES string of the molecule is c1ccc(N2B3c4c(cccc4-n4c5ccc6c7ccccc7n(-c7ccccc7)c6c5c5cccc3c54)-c3c2oc2ccccc32)cc1. The van der Waals surface area contributed by atoms with Crippen LogP contribution in [-0.4, -0.2) is 16.0 Å². The number of furan rings is 1. The molecule has 2 aliphatic rings. The van der Waals surface area contributed by atoms with E-state index in [0.717, 1.165) is 28.1 Å². The molecule has 5 heterocycles. The van der Waals surface area contributed by atoms with E-state index in [0.29, 0.717) is 0 Å². The summed E-state index contributed by atoms with van der Waals surface area (Å²) in [5.41, 5.74) is 14.3. The fourth-order valence-corrected chi connectivity index (χ4v) is 9.06. The molecule has 0 saturated heterocycles. The van der Waals surface area contributed by atoms with Crippen molar-refractivity contribution in [1.29, 1.82) is 0 Å². The molecule has 12 rings (SSSR count). The monoisotopic (exact) mass is 623 g/mol. The highest BCUT2D eigenvalue weighted by molar-refractivity contribution is 6.93. The molecule has 0 saturated carbocycles. The third-order valence-electron chi connectivity index (χ3n) is 10.9. The van der Waals surface area contributed by atoms with Crippen LogP contribution in [0.25, 0.3) is 77.1 Å². The summed E-state index contributed by atoms with van der Waals surface area (Å²) < 4.78 is 11.8. The van der Waals surface area contributed by atoms with E-state index in [1.54, 1.807) is 0 Å². The first-order valence-corrected chi connectivity index (χ1v) is 16.9. The van der Waals surface area contributed by atoms with Gasteiger partial charge < -0.3 is 18.4 Å². The van der Waals surface area contributed by atoms with Gasteiger partial charge >= 0.3 is 6.85 Å². The second-order valence-electron chi connectivity index (χ2n) is 13.2. The van der Waals surface area contributed by atoms with Gasteiger partial charge in [-0.2, -0.15) is 0 Å². The van der Waals surface area contributed by atoms with E-state index in [2.05, 4.69) is 172 Å². The largest absolute Gasteiger partial charge is 0.441 e. The van der Waals surface area contributed by atoms with Gasteiger partial charge in [0.25, 0.3) is 0 Å². The Morgan fingerprint density at radius 1 is 0.469 bits per heavy atom. The van der Waals surface area contributed by atoms with Crippen LogP contribution in [0.3, 0.4) is 0 Å². The van der Waals surface area contributed by atoms with Gasteiger partial charge in [0.2, 0.25) is 0 Å². The zero-order chi connectivity index (χ0) is 31.8. The van der Waals surface area contributed by atoms with Gasteiger partial charge in [0.1, 0.15) is 5.58 Å². The number of benzene rings is 7. The number of fused-ring (bicyclic) bond motifs is 13. The fourth-order valence-electron chi connectivity index (χ4n) is 9.06. The summed E-state index contributed by atoms with van der Waals surface area (Å²) in [5, 5.41) is 6.21. The average molecular weight is 624 g/mol. The predicted molar refractivity (Wildman–Crippen MR) is 204 cm³/mol. The van der Waals surface area contributed by atoms with Crippen molar-refractivity contribution >= 4 is 83.9 Å². The number of nitrogens with zero attached hydrogens (tertiary/aromatic N) is 3. The second-order valence-corrected chi connectivity index (χ2v) is 13.2. The van der Waals surface area contributed by atoms with Crippen molar-refractivity contribution in [3.63, 3.8) is 0 Å². The van der Waals surface area contributed by atoms with E-state index in [1.807, 2.05) is 0 Å². The number of aromatic nitrogens is 2. The van der Waals surface area contributed by atoms with Crippen LogP contribution in [0, 0.1) is 0 Å². The summed E-state index contributed by atoms with van der Waals surface area (Å²) in [6.45, 7) is -0.0716. The molecule has 5 heteroatoms. The standard InChI is InChI=1S/C44H26BN3O/c1-3-13-27(14-4-1)46-35-22-9-7-17-29(35)30-25-26-36-40(43(30)46)33-20-11-21-34-42(33)47(36)37-23-12-19-32-39-31-18-8-10-24-38(31)49-44(39)48(45(34)41(32)37)28-15-5-2-6-16-28/h1-26H. The van der Waals surface area contributed by atoms with Crippen LogP contribution in [0.1, 0.15) is 0 Å². The minimum Gasteiger partial charge on any atom is -0.441 e. The second kappa shape index (κ2) is 9.12. The van der Waals surface area contributed by atoms with Crippen LogP contribution in [-0.2, 0) is 0 Å². The lowest BCUT2D eigenvalue weighted by atomic mass is 9.44. The molecule has 10 aromatic rings. The predicted octanol–water partition coefficient (Wildman–Crippen LogP) is 9.86. The van der Waals surface area contributed by atoms with Crippen LogP contribution >= 0.6 is 0 Å². The van der Waals surface area contributed by atoms with E-state index < -0.39 is 0 Å². The number of anilines is 2. The summed E-state index contributed by atoms with van der Waals surface area (Å²) >= 11 is 0. The van der Waals surface area contributed by atoms with Crippen LogP contribution in [0.15, 0.2) is 162 Å². The van der Waals surface area contributed by atoms with Crippen LogP contribution in [0.5, 0.6) is 0 Å². The van der Waals surface area contributed by atoms with Gasteiger partial charge in [-0.3, -0.25) is 0 Å². The molecule has 0 radical (unpaired) electrons. The van der Waals surface area contributed by atoms with Crippen LogP contribution < -0.4 is 15.7 Å². The smallest absolute Gasteiger partial charge is 0.336 e. The molecule has 0 aliphatic carbocycles. The van der Waals surface area contributed by atoms with E-state index in [9.17, 15) is 0 Å². The average Bonchev–Trinajstić information content (AvgIpc) is 3.83. The highest BCUT2D eigenvalue weighted by Gasteiger charge is 2.46. The van der Waals surface area contributed by atoms with Crippen molar-refractivity contribution in [3.05, 3.63) is 158 Å². The molecule has 4 nitrogen and oxygen atoms in total. The minimum atomic E-state index is -0.0716. The van der Waals surface area contributed by atoms with E-state index in [4.69, 9.17) is 4.42 Å². The molecule has 0 bridgehead atoms. The van der Waals surface area contributed by atoms with Gasteiger partial charge in [0.15, 0.2) is 5.88 Å². The number of hydrogen-bond acceptors (Lipinski definition) is 2. The summed E-state index contributed by atoms with van der Waals surface area (Å²) in [6, 6.07) is 57.2. The Bertz CT molecular complexity index is 3010. The summed E-state index contributed by atoms with van der Waals surface area (Å²) in [7, 11) is 0. The van der Waals surface area contributed by atoms with Crippen LogP contribution in [0.2, 0.25) is 0 Å². The Balaban J connectivity index is 1.28. The topological polar surface area (TPSA) is 26.2 Å². The molecule has 0 atom stereocenters. The normalized spacial score (nSPS) is 13.2. The Labute approximate surface area is 281 Å². The molecule has 0 amide bonds. The Hall–Kier alpha value is -6.46. The first-order chi connectivity index (χ1) is 24.4. The summed E-state index contributed by atoms with van der Waals surface area (Å²) in [5.74, 6) is 0.898. The lowest BCUT2D eigenvalue weighted by Gasteiger charge is -2.39. The molecule has 7 aromatic carbocycles. The molecule has 0 spiro atoms. The quantitative estimate of drug-likeness (QED) is 0.179. The Kier molecular flexibility index (Phi) is 4.77. The maximum atomic E-state index is 6.83. The Morgan fingerprint density at radius 3 is 2.04 bits per heavy atom. The molecule has 2 aliphatic heterocycles. The Morgan fingerprint density at radius 2 is 1.18 bits per heavy atom. The molecular weight excluding hydrogens is 597 g/mol. The van der Waals surface area contributed by atoms with Gasteiger partial charge in [-0.1, -0.05) is 109 Å². The zero-order valence-corrected chi connectivity index (χ0v) is 26.3. The lowest BCUT2D eigenvalue weighted by Crippen LogP contribution is -2.60. The molecule has 0 N–H and O–H groups in total. The first-order valence-electron chi connectivity index (χ1n) is 16.9. The third-order valence-corrected chi connectivity index (χ3v) is 10.9. The van der Waals surface area contributed by atoms with Crippen molar-refractivity contribution in [2.24, 2.45) is 0 Å². The van der Waals surface area contributed by atoms with E-state index in [-0.39, 0.29) is 6.85 Å². The highest BCUT2D eigenvalue weighted by Crippen LogP contribution is 2.49. The van der Waals surface area contributed by atoms with Crippen molar-refractivity contribution in [2.75, 3.05) is 4.81 Å². The van der Waals surface area contributed by atoms with Gasteiger partial charge in [-0.05, 0) is 65.0 Å². The zero-order valence-electron chi connectivity index (χ0n) is 26.3. The third kappa shape index (κ3) is 3.11. The molecule has 226 valence electrons. The fraction of sp³-hybridized carbons (Fsp3) is 0. The maximum Gasteiger partial charge on any atom is 0.336 e. The summed E-state index contributed by atoms with van der Waals surface area (Å²) in [4.78, 5) is 2.44. The molecular formula is C44H26BN3O. The highest BCUT2D eigenvalue weighted by atomic mass is 16.4. The summed E-state index contributed by atoms with van der Waals surface area (Å²) in [6.07, 6.45) is 0. The number of para-hydroxylation sites is 5. The van der Waals surface area contributed by atoms with Gasteiger partial charge in [-0.25, -0.2) is 0 Å². The maximum absolute atomic E-state index is 6.83. The lowest BCUT2D eigenvalue weighted by molar-refractivity contribution is 0.625. The van der Waals surface area contributed by atoms with Crippen molar-refractivity contribution in [3.8, 4) is 22.5 Å². The molecule has 3 aromatic heterocycles. The van der Waals surface area contributed by atoms with Crippen molar-refractivity contribution in [1.82, 2.24) is 9.13 Å². The number of hydrogen-bond donors (Lipinski definition) is 0. The number of rotatable bonds is 2. The molecule has 0 fully saturated rings. The molecule has 49 heavy (non-hydrogen) atoms. The van der Waals surface area contributed by atoms with Gasteiger partial charge in [0.05, 0.1) is 27.6 Å². The van der Waals surface area contributed by atoms with Crippen molar-refractivity contribution in [2.45, 2.75) is 0 Å². The minimum absolute atomic E-state index is 0.0716. The molecule has 0 unspecified atom stereocenters. The van der Waals surface area contributed by atoms with Crippen molar-refractivity contribution < 1.29 is 4.42 Å². The van der Waals surface area contributed by atoms with Gasteiger partial charge in [-0.15, -0.1) is 0 Å².